The van der Waals surface area contributed by atoms with Crippen LogP contribution in [-0.4, -0.2) is 12.2 Å². The quantitative estimate of drug-likeness (QED) is 0.424. The monoisotopic (exact) mass is 212 g/mol. The van der Waals surface area contributed by atoms with Gasteiger partial charge in [-0.2, -0.15) is 0 Å². The van der Waals surface area contributed by atoms with Gasteiger partial charge in [-0.1, -0.05) is 12.7 Å². The molecule has 0 atom stereocenters. The maximum atomic E-state index is 5.37. The van der Waals surface area contributed by atoms with Crippen molar-refractivity contribution in [3.63, 3.8) is 0 Å². The fourth-order valence-electron chi connectivity index (χ4n) is 0.948. The van der Waals surface area contributed by atoms with Gasteiger partial charge in [0.1, 0.15) is 5.76 Å². The van der Waals surface area contributed by atoms with Crippen LogP contribution in [0.15, 0.2) is 35.8 Å². The van der Waals surface area contributed by atoms with Crippen molar-refractivity contribution in [1.82, 2.24) is 5.32 Å². The molecule has 0 unspecified atom stereocenters. The summed E-state index contributed by atoms with van der Waals surface area (Å²) < 4.78 is 5.22. The van der Waals surface area contributed by atoms with Crippen molar-refractivity contribution in [2.45, 2.75) is 13.8 Å². The summed E-state index contributed by atoms with van der Waals surface area (Å²) in [7, 11) is 1.59. The number of hydrogen-bond acceptors (Lipinski definition) is 2. The molecule has 0 rings (SSSR count). The molecule has 0 aliphatic rings. The van der Waals surface area contributed by atoms with Crippen molar-refractivity contribution < 1.29 is 4.74 Å². The average Bonchev–Trinajstić information content (AvgIpc) is 2.16. The van der Waals surface area contributed by atoms with Gasteiger partial charge in [-0.3, -0.25) is 0 Å². The molecule has 0 aromatic heterocycles. The van der Waals surface area contributed by atoms with Gasteiger partial charge in [0.15, 0.2) is 5.11 Å². The molecular formula is C10H16N2OS. The van der Waals surface area contributed by atoms with Crippen LogP contribution in [-0.2, 0) is 4.74 Å². The number of nitrogens with one attached hydrogen (secondary N) is 1. The molecule has 0 bridgehead atoms. The van der Waals surface area contributed by atoms with E-state index in [1.807, 2.05) is 19.9 Å². The summed E-state index contributed by atoms with van der Waals surface area (Å²) in [5, 5.41) is 2.99. The normalized spacial score (nSPS) is 12.9. The van der Waals surface area contributed by atoms with E-state index in [2.05, 4.69) is 11.9 Å². The molecule has 3 nitrogen and oxygen atoms in total. The maximum absolute atomic E-state index is 5.37. The molecule has 0 radical (unpaired) electrons. The molecule has 78 valence electrons. The molecule has 0 aliphatic heterocycles. The van der Waals surface area contributed by atoms with Gasteiger partial charge in [-0.15, -0.1) is 0 Å². The molecule has 0 fully saturated rings. The average molecular weight is 212 g/mol. The van der Waals surface area contributed by atoms with Gasteiger partial charge in [0, 0.05) is 0 Å². The van der Waals surface area contributed by atoms with E-state index in [4.69, 9.17) is 22.7 Å². The van der Waals surface area contributed by atoms with Crippen molar-refractivity contribution in [2.24, 2.45) is 5.73 Å². The molecular weight excluding hydrogens is 196 g/mol. The van der Waals surface area contributed by atoms with Gasteiger partial charge in [-0.05, 0) is 37.7 Å². The smallest absolute Gasteiger partial charge is 0.168 e. The number of hydrogen-bond donors (Lipinski definition) is 2. The third-order valence-corrected chi connectivity index (χ3v) is 1.80. The minimum atomic E-state index is 0.193. The van der Waals surface area contributed by atoms with Crippen LogP contribution in [0, 0.1) is 0 Å². The highest BCUT2D eigenvalue weighted by atomic mass is 32.1. The Hall–Kier alpha value is -1.29. The molecule has 3 N–H and O–H groups in total. The van der Waals surface area contributed by atoms with Gasteiger partial charge >= 0.3 is 0 Å². The Morgan fingerprint density at radius 1 is 1.57 bits per heavy atom. The summed E-state index contributed by atoms with van der Waals surface area (Å²) in [6.45, 7) is 7.52. The molecule has 14 heavy (non-hydrogen) atoms. The molecule has 0 saturated heterocycles. The van der Waals surface area contributed by atoms with E-state index in [9.17, 15) is 0 Å². The van der Waals surface area contributed by atoms with Crippen molar-refractivity contribution >= 4 is 17.3 Å². The molecule has 0 amide bonds. The Morgan fingerprint density at radius 3 is 2.43 bits per heavy atom. The zero-order valence-corrected chi connectivity index (χ0v) is 9.57. The SMILES string of the molecule is C=C/C(NC(N)=S)=C(OC)\C(C)=C/C. The van der Waals surface area contributed by atoms with Crippen LogP contribution < -0.4 is 11.1 Å². The minimum Gasteiger partial charge on any atom is -0.494 e. The largest absolute Gasteiger partial charge is 0.494 e. The summed E-state index contributed by atoms with van der Waals surface area (Å²) in [5.41, 5.74) is 7.03. The first-order valence-electron chi connectivity index (χ1n) is 4.17. The van der Waals surface area contributed by atoms with Crippen molar-refractivity contribution in [2.75, 3.05) is 7.11 Å². The summed E-state index contributed by atoms with van der Waals surface area (Å²) in [4.78, 5) is 0. The standard InChI is InChI=1S/C10H16N2OS/c1-5-7(3)9(13-4)8(6-2)12-10(11)14/h5-6H,2H2,1,3-4H3,(H3,11,12,14)/b7-5-,9-8-. The Labute approximate surface area is 90.3 Å². The van der Waals surface area contributed by atoms with E-state index in [0.29, 0.717) is 11.5 Å². The van der Waals surface area contributed by atoms with E-state index < -0.39 is 0 Å². The van der Waals surface area contributed by atoms with E-state index >= 15 is 0 Å². The number of thiocarbonyl (C=S) groups is 1. The third-order valence-electron chi connectivity index (χ3n) is 1.70. The van der Waals surface area contributed by atoms with Crippen LogP contribution in [0.3, 0.4) is 0 Å². The minimum absolute atomic E-state index is 0.193. The van der Waals surface area contributed by atoms with Crippen molar-refractivity contribution in [3.8, 4) is 0 Å². The molecule has 0 aromatic rings. The lowest BCUT2D eigenvalue weighted by molar-refractivity contribution is 0.296. The Bertz CT molecular complexity index is 292. The number of allylic oxidation sites excluding steroid dienone is 3. The maximum Gasteiger partial charge on any atom is 0.168 e. The first kappa shape index (κ1) is 12.7. The predicted octanol–water partition coefficient (Wildman–Crippen LogP) is 1.83. The second-order valence-corrected chi connectivity index (χ2v) is 3.05. The number of nitrogens with two attached hydrogens (primary N) is 1. The zero-order valence-electron chi connectivity index (χ0n) is 8.76. The van der Waals surface area contributed by atoms with E-state index in [0.717, 1.165) is 5.57 Å². The molecule has 4 heteroatoms. The lowest BCUT2D eigenvalue weighted by Crippen LogP contribution is -2.28. The van der Waals surface area contributed by atoms with Gasteiger partial charge in [0.2, 0.25) is 0 Å². The van der Waals surface area contributed by atoms with Crippen LogP contribution in [0.5, 0.6) is 0 Å². The Kier molecular flexibility index (Phi) is 5.64. The second-order valence-electron chi connectivity index (χ2n) is 2.61. The first-order chi connectivity index (χ1) is 6.56. The van der Waals surface area contributed by atoms with Crippen LogP contribution in [0.4, 0.5) is 0 Å². The fraction of sp³-hybridized carbons (Fsp3) is 0.300. The van der Waals surface area contributed by atoms with E-state index in [1.54, 1.807) is 13.2 Å². The Balaban J connectivity index is 5.11. The molecule has 0 heterocycles. The highest BCUT2D eigenvalue weighted by Gasteiger charge is 2.06. The first-order valence-corrected chi connectivity index (χ1v) is 4.58. The topological polar surface area (TPSA) is 47.3 Å². The van der Waals surface area contributed by atoms with Crippen molar-refractivity contribution in [1.29, 1.82) is 0 Å². The van der Waals surface area contributed by atoms with E-state index in [-0.39, 0.29) is 5.11 Å². The lowest BCUT2D eigenvalue weighted by atomic mass is 10.2. The summed E-state index contributed by atoms with van der Waals surface area (Å²) >= 11 is 4.74. The molecule has 0 saturated carbocycles. The number of rotatable bonds is 4. The molecule has 0 spiro atoms. The van der Waals surface area contributed by atoms with Gasteiger partial charge in [0.25, 0.3) is 0 Å². The van der Waals surface area contributed by atoms with Gasteiger partial charge < -0.3 is 15.8 Å². The van der Waals surface area contributed by atoms with Crippen LogP contribution in [0.1, 0.15) is 13.8 Å². The highest BCUT2D eigenvalue weighted by Crippen LogP contribution is 2.14. The zero-order chi connectivity index (χ0) is 11.1. The van der Waals surface area contributed by atoms with Gasteiger partial charge in [-0.25, -0.2) is 0 Å². The Morgan fingerprint density at radius 2 is 2.14 bits per heavy atom. The van der Waals surface area contributed by atoms with E-state index in [1.165, 1.54) is 0 Å². The predicted molar refractivity (Wildman–Crippen MR) is 63.6 cm³/mol. The third kappa shape index (κ3) is 3.62. The molecule has 0 aromatic carbocycles. The molecule has 0 aliphatic carbocycles. The number of ether oxygens (including phenoxy) is 1. The van der Waals surface area contributed by atoms with Crippen LogP contribution in [0.2, 0.25) is 0 Å². The van der Waals surface area contributed by atoms with Crippen molar-refractivity contribution in [3.05, 3.63) is 35.8 Å². The lowest BCUT2D eigenvalue weighted by Gasteiger charge is -2.12. The summed E-state index contributed by atoms with van der Waals surface area (Å²) in [6, 6.07) is 0. The fourth-order valence-corrected chi connectivity index (χ4v) is 1.06. The second kappa shape index (κ2) is 6.21. The highest BCUT2D eigenvalue weighted by molar-refractivity contribution is 7.80. The van der Waals surface area contributed by atoms with Crippen LogP contribution in [0.25, 0.3) is 0 Å². The summed E-state index contributed by atoms with van der Waals surface area (Å²) in [5.74, 6) is 0.690. The van der Waals surface area contributed by atoms with Crippen LogP contribution >= 0.6 is 12.2 Å². The summed E-state index contributed by atoms with van der Waals surface area (Å²) in [6.07, 6.45) is 3.55. The number of methoxy groups -OCH3 is 1. The van der Waals surface area contributed by atoms with Gasteiger partial charge in [0.05, 0.1) is 12.8 Å².